The van der Waals surface area contributed by atoms with Crippen LogP contribution in [0.15, 0.2) is 5.18 Å². The highest BCUT2D eigenvalue weighted by Crippen LogP contribution is 2.02. The molecule has 2 atom stereocenters. The lowest BCUT2D eigenvalue weighted by atomic mass is 9.95. The molecule has 0 spiro atoms. The first-order valence-corrected chi connectivity index (χ1v) is 2.91. The third kappa shape index (κ3) is 4.15. The van der Waals surface area contributed by atoms with E-state index in [1.165, 1.54) is 0 Å². The molecule has 0 bridgehead atoms. The number of nitroso groups, excluding NO2 is 1. The highest BCUT2D eigenvalue weighted by molar-refractivity contribution is 6.08. The fourth-order valence-electron chi connectivity index (χ4n) is 0.533. The van der Waals surface area contributed by atoms with Gasteiger partial charge in [0, 0.05) is 6.10 Å². The zero-order valence-electron chi connectivity index (χ0n) is 5.45. The summed E-state index contributed by atoms with van der Waals surface area (Å²) in [5.41, 5.74) is 0. The summed E-state index contributed by atoms with van der Waals surface area (Å²) >= 11 is 0. The quantitative estimate of drug-likeness (QED) is 0.441. The Morgan fingerprint density at radius 3 is 2.67 bits per heavy atom. The van der Waals surface area contributed by atoms with Crippen LogP contribution in [0.2, 0.25) is 6.32 Å². The standard InChI is InChI=1S/C5H10BNO2/c1-4(7-9)2-5(8)3-6/h4-5,8H,2-3H2,1H3. The van der Waals surface area contributed by atoms with Gasteiger partial charge in [-0.25, -0.2) is 0 Å². The van der Waals surface area contributed by atoms with Crippen molar-refractivity contribution in [2.24, 2.45) is 5.18 Å². The van der Waals surface area contributed by atoms with Crippen molar-refractivity contribution in [3.05, 3.63) is 4.91 Å². The number of nitrogens with zero attached hydrogens (tertiary/aromatic N) is 1. The fourth-order valence-corrected chi connectivity index (χ4v) is 0.533. The molecule has 0 rings (SSSR count). The van der Waals surface area contributed by atoms with Gasteiger partial charge in [-0.05, 0) is 13.3 Å². The van der Waals surface area contributed by atoms with Crippen LogP contribution in [0, 0.1) is 4.91 Å². The molecule has 0 saturated heterocycles. The van der Waals surface area contributed by atoms with Crippen LogP contribution < -0.4 is 0 Å². The predicted molar refractivity (Wildman–Crippen MR) is 36.4 cm³/mol. The van der Waals surface area contributed by atoms with Crippen molar-refractivity contribution in [3.8, 4) is 0 Å². The van der Waals surface area contributed by atoms with Gasteiger partial charge in [0.1, 0.15) is 0 Å². The summed E-state index contributed by atoms with van der Waals surface area (Å²) in [4.78, 5) is 9.75. The van der Waals surface area contributed by atoms with Gasteiger partial charge in [0.05, 0.1) is 13.9 Å². The Morgan fingerprint density at radius 2 is 2.33 bits per heavy atom. The van der Waals surface area contributed by atoms with E-state index in [4.69, 9.17) is 13.0 Å². The van der Waals surface area contributed by atoms with Crippen molar-refractivity contribution in [1.82, 2.24) is 0 Å². The summed E-state index contributed by atoms with van der Waals surface area (Å²) in [6.45, 7) is 1.64. The molecular weight excluding hydrogens is 117 g/mol. The minimum Gasteiger partial charge on any atom is -0.394 e. The molecule has 0 aromatic rings. The van der Waals surface area contributed by atoms with Crippen LogP contribution in [0.25, 0.3) is 0 Å². The second-order valence-electron chi connectivity index (χ2n) is 2.08. The Bertz CT molecular complexity index is 89.0. The Balaban J connectivity index is 3.33. The number of hydrogen-bond acceptors (Lipinski definition) is 3. The Labute approximate surface area is 55.8 Å². The van der Waals surface area contributed by atoms with Gasteiger partial charge < -0.3 is 5.11 Å². The smallest absolute Gasteiger partial charge is 0.0916 e. The Hall–Kier alpha value is -0.375. The van der Waals surface area contributed by atoms with E-state index < -0.39 is 6.10 Å². The van der Waals surface area contributed by atoms with Crippen molar-refractivity contribution in [1.29, 1.82) is 0 Å². The third-order valence-corrected chi connectivity index (χ3v) is 1.07. The van der Waals surface area contributed by atoms with Gasteiger partial charge in [0.25, 0.3) is 0 Å². The summed E-state index contributed by atoms with van der Waals surface area (Å²) in [6, 6.07) is -0.330. The van der Waals surface area contributed by atoms with Gasteiger partial charge in [-0.2, -0.15) is 4.91 Å². The molecule has 4 heteroatoms. The summed E-state index contributed by atoms with van der Waals surface area (Å²) in [6.07, 6.45) is -0.0300. The minimum atomic E-state index is -0.585. The number of aliphatic hydroxyl groups is 1. The van der Waals surface area contributed by atoms with E-state index in [1.54, 1.807) is 6.92 Å². The van der Waals surface area contributed by atoms with Crippen molar-refractivity contribution < 1.29 is 5.11 Å². The number of aliphatic hydroxyl groups excluding tert-OH is 1. The molecule has 2 unspecified atom stereocenters. The number of hydrogen-bond donors (Lipinski definition) is 1. The van der Waals surface area contributed by atoms with E-state index in [2.05, 4.69) is 5.18 Å². The van der Waals surface area contributed by atoms with Gasteiger partial charge in [0.15, 0.2) is 0 Å². The monoisotopic (exact) mass is 127 g/mol. The van der Waals surface area contributed by atoms with Crippen LogP contribution >= 0.6 is 0 Å². The minimum absolute atomic E-state index is 0.194. The van der Waals surface area contributed by atoms with Crippen LogP contribution in [0.4, 0.5) is 0 Å². The molecule has 0 saturated carbocycles. The predicted octanol–water partition coefficient (Wildman–Crippen LogP) is 0.479. The summed E-state index contributed by atoms with van der Waals surface area (Å²) in [5.74, 6) is 0. The molecule has 9 heavy (non-hydrogen) atoms. The topological polar surface area (TPSA) is 49.7 Å². The second kappa shape index (κ2) is 4.50. The molecule has 0 fully saturated rings. The van der Waals surface area contributed by atoms with Crippen molar-refractivity contribution >= 4 is 7.85 Å². The van der Waals surface area contributed by atoms with Crippen LogP contribution in [0.1, 0.15) is 13.3 Å². The Kier molecular flexibility index (Phi) is 4.31. The molecule has 3 nitrogen and oxygen atoms in total. The highest BCUT2D eigenvalue weighted by Gasteiger charge is 2.06. The van der Waals surface area contributed by atoms with Gasteiger partial charge in [0.2, 0.25) is 0 Å². The van der Waals surface area contributed by atoms with Crippen LogP contribution in [0.5, 0.6) is 0 Å². The molecule has 0 aromatic carbocycles. The SMILES string of the molecule is [B]CC(O)CC(C)N=O. The van der Waals surface area contributed by atoms with Crippen LogP contribution in [-0.4, -0.2) is 25.1 Å². The molecule has 0 heterocycles. The zero-order valence-corrected chi connectivity index (χ0v) is 5.45. The molecule has 2 radical (unpaired) electrons. The van der Waals surface area contributed by atoms with E-state index in [9.17, 15) is 4.91 Å². The van der Waals surface area contributed by atoms with Crippen LogP contribution in [-0.2, 0) is 0 Å². The van der Waals surface area contributed by atoms with Crippen LogP contribution in [0.3, 0.4) is 0 Å². The highest BCUT2D eigenvalue weighted by atomic mass is 16.3. The second-order valence-corrected chi connectivity index (χ2v) is 2.08. The lowest BCUT2D eigenvalue weighted by molar-refractivity contribution is 0.177. The van der Waals surface area contributed by atoms with E-state index in [0.29, 0.717) is 6.42 Å². The first kappa shape index (κ1) is 8.62. The molecule has 50 valence electrons. The molecule has 0 amide bonds. The van der Waals surface area contributed by atoms with E-state index in [1.807, 2.05) is 0 Å². The summed E-state index contributed by atoms with van der Waals surface area (Å²) in [7, 11) is 5.08. The zero-order chi connectivity index (χ0) is 7.28. The van der Waals surface area contributed by atoms with E-state index >= 15 is 0 Å². The Morgan fingerprint density at radius 1 is 1.78 bits per heavy atom. The largest absolute Gasteiger partial charge is 0.394 e. The first-order chi connectivity index (χ1) is 4.20. The summed E-state index contributed by atoms with van der Waals surface area (Å²) < 4.78 is 0. The normalized spacial score (nSPS) is 16.7. The van der Waals surface area contributed by atoms with E-state index in [-0.39, 0.29) is 12.4 Å². The maximum absolute atomic E-state index is 9.75. The molecule has 0 aliphatic heterocycles. The van der Waals surface area contributed by atoms with E-state index in [0.717, 1.165) is 0 Å². The maximum atomic E-state index is 9.75. The molecule has 1 N–H and O–H groups in total. The summed E-state index contributed by atoms with van der Waals surface area (Å²) in [5, 5.41) is 11.5. The molecular formula is C5H10BNO2. The van der Waals surface area contributed by atoms with Crippen molar-refractivity contribution in [2.45, 2.75) is 31.8 Å². The molecule has 0 aliphatic rings. The molecule has 0 aliphatic carbocycles. The maximum Gasteiger partial charge on any atom is 0.0916 e. The van der Waals surface area contributed by atoms with Gasteiger partial charge >= 0.3 is 0 Å². The lowest BCUT2D eigenvalue weighted by Crippen LogP contribution is -2.12. The molecule has 0 aromatic heterocycles. The van der Waals surface area contributed by atoms with Crippen molar-refractivity contribution in [2.75, 3.05) is 0 Å². The fraction of sp³-hybridized carbons (Fsp3) is 1.00. The lowest BCUT2D eigenvalue weighted by Gasteiger charge is -2.07. The van der Waals surface area contributed by atoms with Gasteiger partial charge in [-0.1, -0.05) is 11.5 Å². The van der Waals surface area contributed by atoms with Crippen molar-refractivity contribution in [3.63, 3.8) is 0 Å². The average molecular weight is 127 g/mol. The average Bonchev–Trinajstić information content (AvgIpc) is 1.87. The third-order valence-electron chi connectivity index (χ3n) is 1.07. The van der Waals surface area contributed by atoms with Gasteiger partial charge in [-0.15, -0.1) is 0 Å². The number of rotatable bonds is 4. The first-order valence-electron chi connectivity index (χ1n) is 2.91. The van der Waals surface area contributed by atoms with Gasteiger partial charge in [-0.3, -0.25) is 0 Å².